The minimum Gasteiger partial charge on any atom is -0.369 e. The Kier molecular flexibility index (Phi) is 4.97. The molecule has 2 rings (SSSR count). The quantitative estimate of drug-likeness (QED) is 0.799. The van der Waals surface area contributed by atoms with Gasteiger partial charge in [-0.25, -0.2) is 9.97 Å². The molecule has 1 amide bonds. The van der Waals surface area contributed by atoms with E-state index in [1.54, 1.807) is 6.20 Å². The molecule has 0 radical (unpaired) electrons. The van der Waals surface area contributed by atoms with Gasteiger partial charge in [-0.3, -0.25) is 4.79 Å². The second-order valence-electron chi connectivity index (χ2n) is 4.61. The van der Waals surface area contributed by atoms with E-state index in [9.17, 15) is 4.79 Å². The molecule has 2 heterocycles. The zero-order valence-electron chi connectivity index (χ0n) is 12.8. The first-order valence-corrected chi connectivity index (χ1v) is 7.28. The summed E-state index contributed by atoms with van der Waals surface area (Å²) in [7, 11) is 0. The Labute approximate surface area is 124 Å². The lowest BCUT2D eigenvalue weighted by molar-refractivity contribution is -0.119. The normalized spacial score (nSPS) is 10.6. The van der Waals surface area contributed by atoms with Gasteiger partial charge in [0.15, 0.2) is 11.5 Å². The Balaban J connectivity index is 2.36. The maximum Gasteiger partial charge on any atom is 0.239 e. The first-order valence-electron chi connectivity index (χ1n) is 7.28. The van der Waals surface area contributed by atoms with Crippen LogP contribution in [-0.2, 0) is 4.79 Å². The molecule has 0 saturated heterocycles. The lowest BCUT2D eigenvalue weighted by Crippen LogP contribution is -2.37. The van der Waals surface area contributed by atoms with Crippen LogP contribution < -0.4 is 15.5 Å². The number of nitrogens with one attached hydrogen (secondary N) is 2. The molecule has 0 aliphatic heterocycles. The van der Waals surface area contributed by atoms with E-state index in [1.165, 1.54) is 0 Å². The Hall–Kier alpha value is -2.31. The number of nitrogens with zero attached hydrogens (tertiary/aromatic N) is 4. The summed E-state index contributed by atoms with van der Waals surface area (Å²) in [6, 6.07) is 0. The molecule has 21 heavy (non-hydrogen) atoms. The molecular weight excluding hydrogens is 268 g/mol. The number of hydrogen-bond acceptors (Lipinski definition) is 5. The number of carbonyl (C=O) groups excluding carboxylic acids is 1. The van der Waals surface area contributed by atoms with Gasteiger partial charge >= 0.3 is 0 Å². The lowest BCUT2D eigenvalue weighted by Gasteiger charge is -2.22. The van der Waals surface area contributed by atoms with E-state index >= 15 is 0 Å². The van der Waals surface area contributed by atoms with E-state index < -0.39 is 0 Å². The van der Waals surface area contributed by atoms with Gasteiger partial charge in [0.25, 0.3) is 0 Å². The molecule has 7 nitrogen and oxygen atoms in total. The number of aromatic nitrogens is 3. The summed E-state index contributed by atoms with van der Waals surface area (Å²) in [5.41, 5.74) is 0.753. The Morgan fingerprint density at radius 1 is 1.33 bits per heavy atom. The van der Waals surface area contributed by atoms with Crippen molar-refractivity contribution < 1.29 is 4.79 Å². The first-order chi connectivity index (χ1) is 10.2. The highest BCUT2D eigenvalue weighted by atomic mass is 16.2. The molecule has 0 spiro atoms. The summed E-state index contributed by atoms with van der Waals surface area (Å²) in [5.74, 6) is 1.47. The summed E-state index contributed by atoms with van der Waals surface area (Å²) < 4.78 is 1.92. The van der Waals surface area contributed by atoms with Crippen molar-refractivity contribution in [2.24, 2.45) is 0 Å². The third-order valence-electron chi connectivity index (χ3n) is 3.10. The monoisotopic (exact) mass is 290 g/mol. The summed E-state index contributed by atoms with van der Waals surface area (Å²) in [5, 5.41) is 6.01. The van der Waals surface area contributed by atoms with Gasteiger partial charge in [0.1, 0.15) is 5.82 Å². The van der Waals surface area contributed by atoms with Gasteiger partial charge in [0.05, 0.1) is 12.7 Å². The Bertz CT molecular complexity index is 609. The zero-order valence-corrected chi connectivity index (χ0v) is 12.8. The van der Waals surface area contributed by atoms with Gasteiger partial charge in [-0.05, 0) is 20.8 Å². The summed E-state index contributed by atoms with van der Waals surface area (Å²) in [6.45, 7) is 8.30. The highest BCUT2D eigenvalue weighted by molar-refractivity contribution is 5.82. The number of amides is 1. The summed E-state index contributed by atoms with van der Waals surface area (Å²) in [4.78, 5) is 22.7. The minimum absolute atomic E-state index is 0.0142. The lowest BCUT2D eigenvalue weighted by atomic mass is 10.4. The van der Waals surface area contributed by atoms with Gasteiger partial charge in [-0.1, -0.05) is 0 Å². The second-order valence-corrected chi connectivity index (χ2v) is 4.61. The highest BCUT2D eigenvalue weighted by Gasteiger charge is 2.16. The number of carbonyl (C=O) groups is 1. The average molecular weight is 290 g/mol. The van der Waals surface area contributed by atoms with E-state index in [1.807, 2.05) is 42.5 Å². The van der Waals surface area contributed by atoms with E-state index in [-0.39, 0.29) is 12.5 Å². The number of fused-ring (bicyclic) bond motifs is 1. The number of hydrogen-bond donors (Lipinski definition) is 2. The number of imidazole rings is 1. The highest BCUT2D eigenvalue weighted by Crippen LogP contribution is 2.20. The van der Waals surface area contributed by atoms with Crippen LogP contribution in [-0.4, -0.2) is 46.5 Å². The molecular formula is C14H22N6O. The van der Waals surface area contributed by atoms with Crippen LogP contribution in [0.25, 0.3) is 5.65 Å². The van der Waals surface area contributed by atoms with Crippen LogP contribution in [0.5, 0.6) is 0 Å². The minimum atomic E-state index is -0.0142. The Morgan fingerprint density at radius 2 is 2.14 bits per heavy atom. The van der Waals surface area contributed by atoms with Crippen molar-refractivity contribution in [2.45, 2.75) is 20.8 Å². The molecule has 0 bridgehead atoms. The van der Waals surface area contributed by atoms with Crippen molar-refractivity contribution in [1.82, 2.24) is 19.7 Å². The van der Waals surface area contributed by atoms with Crippen LogP contribution >= 0.6 is 0 Å². The topological polar surface area (TPSA) is 74.6 Å². The second kappa shape index (κ2) is 6.92. The molecule has 2 aromatic rings. The maximum atomic E-state index is 11.8. The van der Waals surface area contributed by atoms with Crippen molar-refractivity contribution in [3.8, 4) is 0 Å². The molecule has 2 N–H and O–H groups in total. The number of anilines is 2. The first kappa shape index (κ1) is 15.1. The molecule has 0 atom stereocenters. The third-order valence-corrected chi connectivity index (χ3v) is 3.10. The van der Waals surface area contributed by atoms with Crippen LogP contribution in [0.2, 0.25) is 0 Å². The van der Waals surface area contributed by atoms with Crippen LogP contribution in [0.15, 0.2) is 18.6 Å². The third kappa shape index (κ3) is 3.42. The molecule has 0 unspecified atom stereocenters. The molecule has 0 fully saturated rings. The smallest absolute Gasteiger partial charge is 0.239 e. The molecule has 114 valence electrons. The van der Waals surface area contributed by atoms with Gasteiger partial charge in [-0.15, -0.1) is 0 Å². The summed E-state index contributed by atoms with van der Waals surface area (Å²) in [6.07, 6.45) is 5.51. The fourth-order valence-electron chi connectivity index (χ4n) is 2.16. The van der Waals surface area contributed by atoms with Crippen molar-refractivity contribution in [1.29, 1.82) is 0 Å². The van der Waals surface area contributed by atoms with E-state index in [2.05, 4.69) is 20.6 Å². The SMILES string of the molecule is CCNC(=O)CN(CC)c1nc(NCC)cn2ccnc12. The fraction of sp³-hybridized carbons (Fsp3) is 0.500. The van der Waals surface area contributed by atoms with Crippen molar-refractivity contribution in [3.63, 3.8) is 0 Å². The number of rotatable bonds is 7. The van der Waals surface area contributed by atoms with Crippen molar-refractivity contribution in [3.05, 3.63) is 18.6 Å². The van der Waals surface area contributed by atoms with Gasteiger partial charge < -0.3 is 19.9 Å². The van der Waals surface area contributed by atoms with Crippen LogP contribution in [0.3, 0.4) is 0 Å². The van der Waals surface area contributed by atoms with Crippen molar-refractivity contribution in [2.75, 3.05) is 36.4 Å². The largest absolute Gasteiger partial charge is 0.369 e. The molecule has 7 heteroatoms. The van der Waals surface area contributed by atoms with Crippen LogP contribution in [0.1, 0.15) is 20.8 Å². The van der Waals surface area contributed by atoms with Crippen LogP contribution in [0, 0.1) is 0 Å². The molecule has 0 aliphatic carbocycles. The van der Waals surface area contributed by atoms with E-state index in [4.69, 9.17) is 0 Å². The van der Waals surface area contributed by atoms with Crippen molar-refractivity contribution >= 4 is 23.2 Å². The van der Waals surface area contributed by atoms with Gasteiger partial charge in [0.2, 0.25) is 5.91 Å². The van der Waals surface area contributed by atoms with Gasteiger partial charge in [0, 0.05) is 32.0 Å². The maximum absolute atomic E-state index is 11.8. The van der Waals surface area contributed by atoms with E-state index in [0.717, 1.165) is 18.0 Å². The van der Waals surface area contributed by atoms with Gasteiger partial charge in [-0.2, -0.15) is 0 Å². The zero-order chi connectivity index (χ0) is 15.2. The predicted octanol–water partition coefficient (Wildman–Crippen LogP) is 1.12. The fourth-order valence-corrected chi connectivity index (χ4v) is 2.16. The number of likely N-dealkylation sites (N-methyl/N-ethyl adjacent to an activating group) is 2. The molecule has 0 aliphatic rings. The standard InChI is InChI=1S/C14H22N6O/c1-4-15-11-9-20-8-7-17-13(20)14(18-11)19(6-3)10-12(21)16-5-2/h7-9,15H,4-6,10H2,1-3H3,(H,16,21). The van der Waals surface area contributed by atoms with E-state index in [0.29, 0.717) is 18.9 Å². The molecule has 0 aromatic carbocycles. The Morgan fingerprint density at radius 3 is 2.81 bits per heavy atom. The average Bonchev–Trinajstić information content (AvgIpc) is 2.93. The molecule has 2 aromatic heterocycles. The predicted molar refractivity (Wildman–Crippen MR) is 83.7 cm³/mol. The summed E-state index contributed by atoms with van der Waals surface area (Å²) >= 11 is 0. The molecule has 0 saturated carbocycles. The van der Waals surface area contributed by atoms with Crippen LogP contribution in [0.4, 0.5) is 11.6 Å².